The van der Waals surface area contributed by atoms with Gasteiger partial charge >= 0.3 is 0 Å². The van der Waals surface area contributed by atoms with Crippen LogP contribution < -0.4 is 15.6 Å². The summed E-state index contributed by atoms with van der Waals surface area (Å²) in [5, 5.41) is 2.27. The van der Waals surface area contributed by atoms with Crippen LogP contribution in [0.1, 0.15) is 0 Å². The van der Waals surface area contributed by atoms with Crippen molar-refractivity contribution in [3.8, 4) is 5.75 Å². The van der Waals surface area contributed by atoms with Gasteiger partial charge in [0.15, 0.2) is 5.15 Å². The molecule has 0 unspecified atom stereocenters. The number of hydrogen-bond acceptors (Lipinski definition) is 4. The lowest BCUT2D eigenvalue weighted by atomic mass is 10.3. The molecule has 8 heteroatoms. The van der Waals surface area contributed by atoms with E-state index in [0.29, 0.717) is 0 Å². The number of aromatic nitrogens is 2. The first kappa shape index (κ1) is 15.0. The van der Waals surface area contributed by atoms with E-state index in [1.807, 2.05) is 0 Å². The highest BCUT2D eigenvalue weighted by Crippen LogP contribution is 2.15. The molecule has 1 heterocycles. The molecular formula is C13H11ClFN3O3. The molecular weight excluding hydrogens is 301 g/mol. The molecule has 1 aromatic heterocycles. The zero-order chi connectivity index (χ0) is 15.4. The maximum absolute atomic E-state index is 13.4. The van der Waals surface area contributed by atoms with Crippen LogP contribution in [0.25, 0.3) is 0 Å². The van der Waals surface area contributed by atoms with Crippen LogP contribution in [-0.4, -0.2) is 22.6 Å². The zero-order valence-corrected chi connectivity index (χ0v) is 11.7. The van der Waals surface area contributed by atoms with Gasteiger partial charge in [0.25, 0.3) is 5.56 Å². The van der Waals surface area contributed by atoms with Gasteiger partial charge in [0.2, 0.25) is 11.7 Å². The molecule has 0 atom stereocenters. The Hall–Kier alpha value is -2.41. The fourth-order valence-corrected chi connectivity index (χ4v) is 1.84. The Labute approximate surface area is 124 Å². The van der Waals surface area contributed by atoms with Crippen molar-refractivity contribution in [2.45, 2.75) is 6.54 Å². The molecule has 1 amide bonds. The van der Waals surface area contributed by atoms with E-state index in [1.54, 1.807) is 6.07 Å². The molecule has 0 fully saturated rings. The van der Waals surface area contributed by atoms with Crippen molar-refractivity contribution >= 4 is 23.2 Å². The minimum Gasteiger partial charge on any atom is -0.489 e. The largest absolute Gasteiger partial charge is 0.489 e. The van der Waals surface area contributed by atoms with Gasteiger partial charge in [-0.05, 0) is 12.1 Å². The number of nitrogens with one attached hydrogen (secondary N) is 1. The minimum absolute atomic E-state index is 0.0319. The van der Waals surface area contributed by atoms with Crippen LogP contribution in [0.2, 0.25) is 5.15 Å². The van der Waals surface area contributed by atoms with E-state index in [1.165, 1.54) is 25.3 Å². The number of hydrogen-bond donors (Lipinski definition) is 1. The molecule has 0 saturated carbocycles. The van der Waals surface area contributed by atoms with Gasteiger partial charge in [-0.15, -0.1) is 0 Å². The summed E-state index contributed by atoms with van der Waals surface area (Å²) in [6.45, 7) is -0.340. The molecule has 0 aliphatic rings. The van der Waals surface area contributed by atoms with E-state index in [2.05, 4.69) is 10.3 Å². The van der Waals surface area contributed by atoms with Crippen LogP contribution >= 0.6 is 11.6 Å². The number of amides is 1. The third kappa shape index (κ3) is 3.38. The molecule has 1 aromatic carbocycles. The van der Waals surface area contributed by atoms with Crippen molar-refractivity contribution in [1.82, 2.24) is 9.55 Å². The number of rotatable bonds is 4. The first-order valence-corrected chi connectivity index (χ1v) is 6.24. The van der Waals surface area contributed by atoms with Crippen molar-refractivity contribution < 1.29 is 13.9 Å². The monoisotopic (exact) mass is 311 g/mol. The quantitative estimate of drug-likeness (QED) is 0.872. The second-order valence-electron chi connectivity index (χ2n) is 4.03. The third-order valence-corrected chi connectivity index (χ3v) is 2.89. The Balaban J connectivity index is 2.18. The number of carbonyl (C=O) groups excluding carboxylic acids is 1. The third-order valence-electron chi connectivity index (χ3n) is 2.62. The van der Waals surface area contributed by atoms with Gasteiger partial charge in [-0.25, -0.2) is 9.37 Å². The van der Waals surface area contributed by atoms with E-state index < -0.39 is 17.3 Å². The first-order valence-electron chi connectivity index (χ1n) is 5.86. The van der Waals surface area contributed by atoms with E-state index in [9.17, 15) is 14.0 Å². The second-order valence-corrected chi connectivity index (χ2v) is 4.39. The summed E-state index contributed by atoms with van der Waals surface area (Å²) in [4.78, 5) is 27.5. The van der Waals surface area contributed by atoms with Gasteiger partial charge in [0.05, 0.1) is 19.1 Å². The molecule has 110 valence electrons. The average Bonchev–Trinajstić information content (AvgIpc) is 2.45. The summed E-state index contributed by atoms with van der Waals surface area (Å²) >= 11 is 5.69. The Morgan fingerprint density at radius 2 is 2.19 bits per heavy atom. The van der Waals surface area contributed by atoms with Crippen molar-refractivity contribution in [3.63, 3.8) is 0 Å². The Kier molecular flexibility index (Phi) is 4.54. The van der Waals surface area contributed by atoms with E-state index in [0.717, 1.165) is 10.9 Å². The van der Waals surface area contributed by atoms with Crippen LogP contribution in [0.5, 0.6) is 5.75 Å². The molecule has 1 N–H and O–H groups in total. The summed E-state index contributed by atoms with van der Waals surface area (Å²) in [6.07, 6.45) is 1.12. The number of ether oxygens (including phenoxy) is 1. The van der Waals surface area contributed by atoms with Gasteiger partial charge in [-0.3, -0.25) is 14.2 Å². The van der Waals surface area contributed by atoms with E-state index in [-0.39, 0.29) is 23.1 Å². The standard InChI is InChI=1S/C13H11ClFN3O3/c1-21-11-12(14)16-7-18(13(11)20)6-10(19)17-9-5-3-2-4-8(9)15/h2-5,7H,6H2,1H3,(H,17,19). The van der Waals surface area contributed by atoms with E-state index in [4.69, 9.17) is 16.3 Å². The fraction of sp³-hybridized carbons (Fsp3) is 0.154. The van der Waals surface area contributed by atoms with Crippen LogP contribution in [-0.2, 0) is 11.3 Å². The number of nitrogens with zero attached hydrogens (tertiary/aromatic N) is 2. The molecule has 0 saturated heterocycles. The van der Waals surface area contributed by atoms with E-state index >= 15 is 0 Å². The summed E-state index contributed by atoms with van der Waals surface area (Å²) in [5.41, 5.74) is -0.564. The number of carbonyl (C=O) groups is 1. The van der Waals surface area contributed by atoms with Crippen molar-refractivity contribution in [1.29, 1.82) is 0 Å². The molecule has 2 rings (SSSR count). The lowest BCUT2D eigenvalue weighted by molar-refractivity contribution is -0.116. The molecule has 6 nitrogen and oxygen atoms in total. The summed E-state index contributed by atoms with van der Waals surface area (Å²) in [5.74, 6) is -1.30. The maximum Gasteiger partial charge on any atom is 0.297 e. The van der Waals surface area contributed by atoms with Crippen LogP contribution in [0, 0.1) is 5.82 Å². The highest BCUT2D eigenvalue weighted by Gasteiger charge is 2.13. The van der Waals surface area contributed by atoms with Crippen LogP contribution in [0.15, 0.2) is 35.4 Å². The molecule has 0 bridgehead atoms. The molecule has 0 aliphatic heterocycles. The maximum atomic E-state index is 13.4. The van der Waals surface area contributed by atoms with Gasteiger partial charge in [0, 0.05) is 0 Å². The molecule has 21 heavy (non-hydrogen) atoms. The summed E-state index contributed by atoms with van der Waals surface area (Å²) in [6, 6.07) is 5.71. The normalized spacial score (nSPS) is 10.2. The minimum atomic E-state index is -0.596. The molecule has 0 radical (unpaired) electrons. The Morgan fingerprint density at radius 1 is 1.48 bits per heavy atom. The predicted octanol–water partition coefficient (Wildman–Crippen LogP) is 1.68. The lowest BCUT2D eigenvalue weighted by Crippen LogP contribution is -2.28. The highest BCUT2D eigenvalue weighted by molar-refractivity contribution is 6.30. The predicted molar refractivity (Wildman–Crippen MR) is 75.1 cm³/mol. The van der Waals surface area contributed by atoms with Gasteiger partial charge < -0.3 is 10.1 Å². The number of anilines is 1. The Bertz CT molecular complexity index is 733. The first-order chi connectivity index (χ1) is 10.0. The molecule has 0 spiro atoms. The zero-order valence-electron chi connectivity index (χ0n) is 11.0. The smallest absolute Gasteiger partial charge is 0.297 e. The number of methoxy groups -OCH3 is 1. The summed E-state index contributed by atoms with van der Waals surface area (Å²) < 4.78 is 19.2. The molecule has 0 aliphatic carbocycles. The second kappa shape index (κ2) is 6.36. The topological polar surface area (TPSA) is 73.2 Å². The lowest BCUT2D eigenvalue weighted by Gasteiger charge is -2.09. The van der Waals surface area contributed by atoms with Crippen LogP contribution in [0.3, 0.4) is 0 Å². The van der Waals surface area contributed by atoms with Crippen molar-refractivity contribution in [3.05, 3.63) is 51.9 Å². The number of halogens is 2. The van der Waals surface area contributed by atoms with Crippen molar-refractivity contribution in [2.24, 2.45) is 0 Å². The summed E-state index contributed by atoms with van der Waals surface area (Å²) in [7, 11) is 1.27. The highest BCUT2D eigenvalue weighted by atomic mass is 35.5. The number of benzene rings is 1. The average molecular weight is 312 g/mol. The van der Waals surface area contributed by atoms with Gasteiger partial charge in [-0.2, -0.15) is 0 Å². The van der Waals surface area contributed by atoms with Crippen LogP contribution in [0.4, 0.5) is 10.1 Å². The fourth-order valence-electron chi connectivity index (χ4n) is 1.64. The Morgan fingerprint density at radius 3 is 2.86 bits per heavy atom. The molecule has 2 aromatic rings. The number of para-hydroxylation sites is 1. The van der Waals surface area contributed by atoms with Gasteiger partial charge in [0.1, 0.15) is 12.4 Å². The SMILES string of the molecule is COc1c(Cl)ncn(CC(=O)Nc2ccccc2F)c1=O. The van der Waals surface area contributed by atoms with Crippen molar-refractivity contribution in [2.75, 3.05) is 12.4 Å². The van der Waals surface area contributed by atoms with Gasteiger partial charge in [-0.1, -0.05) is 23.7 Å².